The summed E-state index contributed by atoms with van der Waals surface area (Å²) in [4.78, 5) is 10.9. The zero-order chi connectivity index (χ0) is 13.6. The number of benzene rings is 1. The van der Waals surface area contributed by atoms with E-state index in [9.17, 15) is 13.6 Å². The minimum atomic E-state index is -1.38. The largest absolute Gasteiger partial charge is 0.478 e. The molecule has 2 saturated carbocycles. The molecule has 102 valence electrons. The van der Waals surface area contributed by atoms with Gasteiger partial charge in [0.05, 0.1) is 11.3 Å². The predicted molar refractivity (Wildman–Crippen MR) is 66.2 cm³/mol. The molecule has 19 heavy (non-hydrogen) atoms. The molecule has 2 aliphatic carbocycles. The van der Waals surface area contributed by atoms with E-state index in [0.717, 1.165) is 25.3 Å². The monoisotopic (exact) mass is 267 g/mol. The van der Waals surface area contributed by atoms with Gasteiger partial charge in [-0.05, 0) is 37.2 Å². The molecule has 5 heteroatoms. The molecule has 1 aromatic carbocycles. The molecule has 0 radical (unpaired) electrons. The highest BCUT2D eigenvalue weighted by atomic mass is 19.1. The maximum atomic E-state index is 13.7. The molecule has 2 bridgehead atoms. The molecule has 1 aromatic rings. The second-order valence-corrected chi connectivity index (χ2v) is 5.54. The van der Waals surface area contributed by atoms with Crippen molar-refractivity contribution in [3.05, 3.63) is 29.3 Å². The third-order valence-corrected chi connectivity index (χ3v) is 4.37. The molecule has 0 aliphatic heterocycles. The highest BCUT2D eigenvalue weighted by Crippen LogP contribution is 2.45. The van der Waals surface area contributed by atoms with Crippen LogP contribution in [0.1, 0.15) is 36.0 Å². The highest BCUT2D eigenvalue weighted by Gasteiger charge is 2.39. The average molecular weight is 267 g/mol. The molecule has 0 spiro atoms. The van der Waals surface area contributed by atoms with E-state index in [2.05, 4.69) is 5.32 Å². The Balaban J connectivity index is 1.84. The lowest BCUT2D eigenvalue weighted by Crippen LogP contribution is -2.26. The van der Waals surface area contributed by atoms with Gasteiger partial charge in [0, 0.05) is 12.1 Å². The topological polar surface area (TPSA) is 49.3 Å². The van der Waals surface area contributed by atoms with E-state index in [4.69, 9.17) is 5.11 Å². The minimum Gasteiger partial charge on any atom is -0.478 e. The molecule has 3 atom stereocenters. The first kappa shape index (κ1) is 12.4. The third kappa shape index (κ3) is 2.17. The van der Waals surface area contributed by atoms with Crippen LogP contribution < -0.4 is 5.32 Å². The lowest BCUT2D eigenvalue weighted by atomic mass is 9.95. The van der Waals surface area contributed by atoms with Gasteiger partial charge < -0.3 is 10.4 Å². The summed E-state index contributed by atoms with van der Waals surface area (Å²) in [5.41, 5.74) is -0.400. The van der Waals surface area contributed by atoms with Crippen molar-refractivity contribution in [2.24, 2.45) is 11.8 Å². The van der Waals surface area contributed by atoms with Crippen LogP contribution in [0.25, 0.3) is 0 Å². The van der Waals surface area contributed by atoms with Crippen LogP contribution in [0, 0.1) is 23.5 Å². The third-order valence-electron chi connectivity index (χ3n) is 4.37. The number of hydrogen-bond acceptors (Lipinski definition) is 2. The Labute approximate surface area is 109 Å². The first-order valence-electron chi connectivity index (χ1n) is 6.53. The number of hydrogen-bond donors (Lipinski definition) is 2. The van der Waals surface area contributed by atoms with Gasteiger partial charge in [0.1, 0.15) is 11.6 Å². The Hall–Kier alpha value is -1.65. The van der Waals surface area contributed by atoms with Crippen molar-refractivity contribution >= 4 is 11.7 Å². The first-order chi connectivity index (χ1) is 9.04. The van der Waals surface area contributed by atoms with Gasteiger partial charge >= 0.3 is 5.97 Å². The summed E-state index contributed by atoms with van der Waals surface area (Å²) >= 11 is 0. The van der Waals surface area contributed by atoms with Crippen LogP contribution in [-0.2, 0) is 0 Å². The Bertz CT molecular complexity index is 532. The van der Waals surface area contributed by atoms with Gasteiger partial charge in [0.15, 0.2) is 0 Å². The van der Waals surface area contributed by atoms with E-state index >= 15 is 0 Å². The van der Waals surface area contributed by atoms with Gasteiger partial charge in [-0.2, -0.15) is 0 Å². The number of anilines is 1. The molecular weight excluding hydrogens is 252 g/mol. The maximum Gasteiger partial charge on any atom is 0.338 e. The van der Waals surface area contributed by atoms with Crippen LogP contribution in [-0.4, -0.2) is 17.1 Å². The lowest BCUT2D eigenvalue weighted by Gasteiger charge is -2.24. The van der Waals surface area contributed by atoms with E-state index in [1.807, 2.05) is 0 Å². The van der Waals surface area contributed by atoms with Crippen LogP contribution >= 0.6 is 0 Å². The first-order valence-corrected chi connectivity index (χ1v) is 6.53. The Morgan fingerprint density at radius 2 is 2.00 bits per heavy atom. The van der Waals surface area contributed by atoms with Gasteiger partial charge in [-0.25, -0.2) is 13.6 Å². The number of rotatable bonds is 3. The number of carboxylic acids is 1. The summed E-state index contributed by atoms with van der Waals surface area (Å²) in [6, 6.07) is 1.87. The smallest absolute Gasteiger partial charge is 0.338 e. The molecular formula is C14H15F2NO2. The molecule has 0 heterocycles. The molecule has 2 fully saturated rings. The van der Waals surface area contributed by atoms with Crippen molar-refractivity contribution in [3.8, 4) is 0 Å². The summed E-state index contributed by atoms with van der Waals surface area (Å²) in [5, 5.41) is 11.9. The quantitative estimate of drug-likeness (QED) is 0.883. The summed E-state index contributed by atoms with van der Waals surface area (Å²) in [6.07, 6.45) is 4.52. The van der Waals surface area contributed by atoms with Gasteiger partial charge in [0.25, 0.3) is 0 Å². The fraction of sp³-hybridized carbons (Fsp3) is 0.500. The number of halogens is 2. The summed E-state index contributed by atoms with van der Waals surface area (Å²) in [7, 11) is 0. The Morgan fingerprint density at radius 1 is 1.21 bits per heavy atom. The van der Waals surface area contributed by atoms with Gasteiger partial charge in [-0.1, -0.05) is 6.42 Å². The van der Waals surface area contributed by atoms with Crippen molar-refractivity contribution in [2.75, 3.05) is 5.32 Å². The molecule has 2 N–H and O–H groups in total. The van der Waals surface area contributed by atoms with Gasteiger partial charge in [0.2, 0.25) is 0 Å². The van der Waals surface area contributed by atoms with Crippen molar-refractivity contribution < 1.29 is 18.7 Å². The normalized spacial score (nSPS) is 28.6. The number of nitrogens with one attached hydrogen (secondary N) is 1. The molecule has 3 nitrogen and oxygen atoms in total. The van der Waals surface area contributed by atoms with E-state index in [1.165, 1.54) is 6.42 Å². The van der Waals surface area contributed by atoms with Gasteiger partial charge in [-0.3, -0.25) is 0 Å². The molecule has 2 aliphatic rings. The zero-order valence-corrected chi connectivity index (χ0v) is 10.3. The number of aromatic carboxylic acids is 1. The molecule has 3 unspecified atom stereocenters. The summed E-state index contributed by atoms with van der Waals surface area (Å²) in [6.45, 7) is 0. The second kappa shape index (κ2) is 4.47. The van der Waals surface area contributed by atoms with Crippen molar-refractivity contribution in [1.29, 1.82) is 0 Å². The Morgan fingerprint density at radius 3 is 2.58 bits per heavy atom. The Kier molecular flexibility index (Phi) is 2.92. The van der Waals surface area contributed by atoms with Crippen LogP contribution in [0.5, 0.6) is 0 Å². The molecule has 3 rings (SSSR count). The predicted octanol–water partition coefficient (Wildman–Crippen LogP) is 3.26. The van der Waals surface area contributed by atoms with E-state index < -0.39 is 23.2 Å². The highest BCUT2D eigenvalue weighted by molar-refractivity contribution is 5.89. The van der Waals surface area contributed by atoms with E-state index in [-0.39, 0.29) is 11.7 Å². The van der Waals surface area contributed by atoms with Crippen LogP contribution in [0.4, 0.5) is 14.5 Å². The average Bonchev–Trinajstić information content (AvgIpc) is 2.94. The molecule has 0 aromatic heterocycles. The number of fused-ring (bicyclic) bond motifs is 2. The second-order valence-electron chi connectivity index (χ2n) is 5.54. The summed E-state index contributed by atoms with van der Waals surface area (Å²) in [5.74, 6) is -1.92. The lowest BCUT2D eigenvalue weighted by molar-refractivity contribution is 0.0692. The molecule has 0 amide bonds. The van der Waals surface area contributed by atoms with Crippen LogP contribution in [0.15, 0.2) is 12.1 Å². The van der Waals surface area contributed by atoms with Crippen molar-refractivity contribution in [2.45, 2.75) is 31.7 Å². The standard InChI is InChI=1S/C14H15F2NO2/c15-10-6-11(16)13(5-9(10)14(18)19)17-12-4-7-1-2-8(12)3-7/h5-8,12,17H,1-4H2,(H,18,19). The minimum absolute atomic E-state index is 0.0938. The van der Waals surface area contributed by atoms with Crippen LogP contribution in [0.3, 0.4) is 0 Å². The van der Waals surface area contributed by atoms with Crippen LogP contribution in [0.2, 0.25) is 0 Å². The zero-order valence-electron chi connectivity index (χ0n) is 10.3. The number of carboxylic acid groups (broad SMARTS) is 1. The maximum absolute atomic E-state index is 13.7. The van der Waals surface area contributed by atoms with Crippen molar-refractivity contribution in [1.82, 2.24) is 0 Å². The van der Waals surface area contributed by atoms with Crippen molar-refractivity contribution in [3.63, 3.8) is 0 Å². The van der Waals surface area contributed by atoms with E-state index in [1.54, 1.807) is 0 Å². The van der Waals surface area contributed by atoms with Gasteiger partial charge in [-0.15, -0.1) is 0 Å². The summed E-state index contributed by atoms with van der Waals surface area (Å²) < 4.78 is 27.0. The fourth-order valence-electron chi connectivity index (χ4n) is 3.44. The number of carbonyl (C=O) groups is 1. The SMILES string of the molecule is O=C(O)c1cc(NC2CC3CCC2C3)c(F)cc1F. The van der Waals surface area contributed by atoms with E-state index in [0.29, 0.717) is 17.9 Å². The fourth-order valence-corrected chi connectivity index (χ4v) is 3.44. The molecule has 0 saturated heterocycles.